The van der Waals surface area contributed by atoms with Crippen molar-refractivity contribution in [2.45, 2.75) is 19.0 Å². The molecule has 8 heteroatoms. The number of aryl methyl sites for hydroxylation is 1. The maximum Gasteiger partial charge on any atom is 0.331 e. The summed E-state index contributed by atoms with van der Waals surface area (Å²) >= 11 is 6.16. The van der Waals surface area contributed by atoms with Gasteiger partial charge in [-0.15, -0.1) is 0 Å². The van der Waals surface area contributed by atoms with Gasteiger partial charge < -0.3 is 10.1 Å². The molecule has 0 radical (unpaired) electrons. The number of amides is 3. The van der Waals surface area contributed by atoms with E-state index in [1.165, 1.54) is 0 Å². The number of hydrogen-bond donors (Lipinski definition) is 1. The molecule has 0 bridgehead atoms. The SMILES string of the molecule is COc1cccc(C2=NC(c3ccc(Cl)cc3)C3c4cc(C)cc5c4N(CC(=O)N5)C(=O)N23)c1. The van der Waals surface area contributed by atoms with Gasteiger partial charge >= 0.3 is 6.03 Å². The minimum atomic E-state index is -0.366. The van der Waals surface area contributed by atoms with Gasteiger partial charge in [0.05, 0.1) is 24.5 Å². The minimum Gasteiger partial charge on any atom is -0.497 e. The number of rotatable bonds is 3. The molecule has 0 saturated heterocycles. The van der Waals surface area contributed by atoms with Gasteiger partial charge in [-0.1, -0.05) is 41.9 Å². The highest BCUT2D eigenvalue weighted by molar-refractivity contribution is 6.30. The summed E-state index contributed by atoms with van der Waals surface area (Å²) in [6.45, 7) is 1.95. The molecular weight excluding hydrogens is 452 g/mol. The van der Waals surface area contributed by atoms with Crippen LogP contribution in [0.15, 0.2) is 65.7 Å². The van der Waals surface area contributed by atoms with Gasteiger partial charge in [0.15, 0.2) is 0 Å². The molecule has 0 aromatic heterocycles. The first kappa shape index (κ1) is 20.7. The maximum absolute atomic E-state index is 13.9. The number of carbonyl (C=O) groups is 2. The molecule has 0 aliphatic carbocycles. The van der Waals surface area contributed by atoms with E-state index in [4.69, 9.17) is 21.3 Å². The van der Waals surface area contributed by atoms with E-state index in [1.807, 2.05) is 61.5 Å². The summed E-state index contributed by atoms with van der Waals surface area (Å²) in [5.41, 5.74) is 5.08. The smallest absolute Gasteiger partial charge is 0.331 e. The predicted octanol–water partition coefficient (Wildman–Crippen LogP) is 5.09. The van der Waals surface area contributed by atoms with Crippen LogP contribution in [0.25, 0.3) is 0 Å². The summed E-state index contributed by atoms with van der Waals surface area (Å²) in [6.07, 6.45) is 0. The van der Waals surface area contributed by atoms with Crippen LogP contribution in [-0.4, -0.2) is 36.3 Å². The lowest BCUT2D eigenvalue weighted by atomic mass is 9.88. The molecule has 6 rings (SSSR count). The van der Waals surface area contributed by atoms with Crippen LogP contribution in [0.5, 0.6) is 5.75 Å². The number of halogens is 1. The Balaban J connectivity index is 1.59. The third kappa shape index (κ3) is 3.08. The van der Waals surface area contributed by atoms with Gasteiger partial charge in [0, 0.05) is 16.1 Å². The van der Waals surface area contributed by atoms with Gasteiger partial charge in [0.25, 0.3) is 0 Å². The number of ether oxygens (including phenoxy) is 1. The van der Waals surface area contributed by atoms with Gasteiger partial charge in [-0.05, 0) is 48.4 Å². The highest BCUT2D eigenvalue weighted by Crippen LogP contribution is 2.52. The first-order chi connectivity index (χ1) is 16.4. The zero-order valence-electron chi connectivity index (χ0n) is 18.6. The minimum absolute atomic E-state index is 0.0396. The van der Waals surface area contributed by atoms with Crippen LogP contribution in [0.1, 0.15) is 34.3 Å². The molecule has 3 aromatic carbocycles. The molecule has 7 nitrogen and oxygen atoms in total. The van der Waals surface area contributed by atoms with Crippen molar-refractivity contribution in [3.05, 3.63) is 87.9 Å². The van der Waals surface area contributed by atoms with Gasteiger partial charge in [-0.3, -0.25) is 19.6 Å². The molecule has 0 fully saturated rings. The van der Waals surface area contributed by atoms with E-state index < -0.39 is 0 Å². The lowest BCUT2D eigenvalue weighted by Crippen LogP contribution is -2.54. The molecule has 3 heterocycles. The second kappa shape index (κ2) is 7.60. The highest BCUT2D eigenvalue weighted by Gasteiger charge is 2.50. The molecule has 1 N–H and O–H groups in total. The molecule has 0 saturated carbocycles. The highest BCUT2D eigenvalue weighted by atomic mass is 35.5. The topological polar surface area (TPSA) is 74.2 Å². The van der Waals surface area contributed by atoms with Crippen LogP contribution in [0.3, 0.4) is 0 Å². The number of carbonyl (C=O) groups excluding carboxylic acids is 2. The number of nitrogens with one attached hydrogen (secondary N) is 1. The van der Waals surface area contributed by atoms with Crippen molar-refractivity contribution in [2.24, 2.45) is 4.99 Å². The fraction of sp³-hybridized carbons (Fsp3) is 0.192. The van der Waals surface area contributed by atoms with Crippen LogP contribution >= 0.6 is 11.6 Å². The fourth-order valence-electron chi connectivity index (χ4n) is 5.08. The Kier molecular flexibility index (Phi) is 4.64. The van der Waals surface area contributed by atoms with Gasteiger partial charge in [0.1, 0.15) is 24.2 Å². The average Bonchev–Trinajstić information content (AvgIpc) is 3.23. The van der Waals surface area contributed by atoms with Gasteiger partial charge in [0.2, 0.25) is 5.91 Å². The zero-order valence-corrected chi connectivity index (χ0v) is 19.3. The van der Waals surface area contributed by atoms with Crippen LogP contribution in [0, 0.1) is 6.92 Å². The number of benzene rings is 3. The van der Waals surface area contributed by atoms with E-state index in [9.17, 15) is 9.59 Å². The first-order valence-corrected chi connectivity index (χ1v) is 11.3. The Hall–Kier alpha value is -3.84. The number of urea groups is 1. The zero-order chi connectivity index (χ0) is 23.6. The number of nitrogens with zero attached hydrogens (tertiary/aromatic N) is 3. The Bertz CT molecular complexity index is 1390. The number of fused-ring (bicyclic) bond motifs is 2. The number of amidine groups is 1. The van der Waals surface area contributed by atoms with Crippen LogP contribution in [0.4, 0.5) is 16.2 Å². The molecule has 2 atom stereocenters. The summed E-state index contributed by atoms with van der Waals surface area (Å²) < 4.78 is 5.42. The summed E-state index contributed by atoms with van der Waals surface area (Å²) in [7, 11) is 1.60. The van der Waals surface area contributed by atoms with E-state index in [2.05, 4.69) is 11.4 Å². The Morgan fingerprint density at radius 2 is 1.88 bits per heavy atom. The number of aliphatic imine (C=N–C) groups is 1. The van der Waals surface area contributed by atoms with Crippen molar-refractivity contribution in [3.8, 4) is 5.75 Å². The normalized spacial score (nSPS) is 20.5. The van der Waals surface area contributed by atoms with Crippen LogP contribution in [0.2, 0.25) is 5.02 Å². The van der Waals surface area contributed by atoms with E-state index in [-0.39, 0.29) is 30.6 Å². The van der Waals surface area contributed by atoms with Gasteiger partial charge in [-0.2, -0.15) is 0 Å². The molecule has 3 aromatic rings. The van der Waals surface area contributed by atoms with Crippen molar-refractivity contribution < 1.29 is 14.3 Å². The van der Waals surface area contributed by atoms with E-state index in [1.54, 1.807) is 16.9 Å². The second-order valence-electron chi connectivity index (χ2n) is 8.66. The molecule has 3 amide bonds. The number of anilines is 2. The summed E-state index contributed by atoms with van der Waals surface area (Å²) in [4.78, 5) is 34.7. The summed E-state index contributed by atoms with van der Waals surface area (Å²) in [6, 6.07) is 18.1. The lowest BCUT2D eigenvalue weighted by molar-refractivity contribution is -0.115. The van der Waals surface area contributed by atoms with E-state index in [0.717, 1.165) is 27.9 Å². The van der Waals surface area contributed by atoms with Gasteiger partial charge in [-0.25, -0.2) is 4.79 Å². The third-order valence-corrected chi connectivity index (χ3v) is 6.74. The van der Waals surface area contributed by atoms with Crippen LogP contribution in [-0.2, 0) is 4.79 Å². The molecule has 0 spiro atoms. The fourth-order valence-corrected chi connectivity index (χ4v) is 5.21. The molecule has 34 heavy (non-hydrogen) atoms. The van der Waals surface area contributed by atoms with Crippen molar-refractivity contribution >= 4 is 40.7 Å². The predicted molar refractivity (Wildman–Crippen MR) is 131 cm³/mol. The second-order valence-corrected chi connectivity index (χ2v) is 9.10. The monoisotopic (exact) mass is 472 g/mol. The Morgan fingerprint density at radius 1 is 1.09 bits per heavy atom. The molecule has 3 aliphatic rings. The van der Waals surface area contributed by atoms with Crippen molar-refractivity contribution in [1.82, 2.24) is 4.90 Å². The Morgan fingerprint density at radius 3 is 2.65 bits per heavy atom. The molecule has 170 valence electrons. The molecule has 3 aliphatic heterocycles. The summed E-state index contributed by atoms with van der Waals surface area (Å²) in [5, 5.41) is 3.57. The van der Waals surface area contributed by atoms with E-state index in [0.29, 0.717) is 22.3 Å². The number of hydrogen-bond acceptors (Lipinski definition) is 4. The summed E-state index contributed by atoms with van der Waals surface area (Å²) in [5.74, 6) is 1.00. The molecule has 2 unspecified atom stereocenters. The maximum atomic E-state index is 13.9. The molecular formula is C26H21ClN4O3. The van der Waals surface area contributed by atoms with Crippen molar-refractivity contribution in [3.63, 3.8) is 0 Å². The van der Waals surface area contributed by atoms with Crippen LogP contribution < -0.4 is 15.0 Å². The standard InChI is InChI=1S/C26H21ClN4O3/c1-14-10-19-23-20(11-14)28-21(32)13-30(23)26(33)31-24(19)22(15-6-8-17(27)9-7-15)29-25(31)16-4-3-5-18(12-16)34-2/h3-12,22,24H,13H2,1-2H3,(H,28,32). The average molecular weight is 473 g/mol. The Labute approximate surface area is 201 Å². The third-order valence-electron chi connectivity index (χ3n) is 6.49. The quantitative estimate of drug-likeness (QED) is 0.576. The lowest BCUT2D eigenvalue weighted by Gasteiger charge is -2.43. The number of methoxy groups -OCH3 is 1. The van der Waals surface area contributed by atoms with E-state index >= 15 is 0 Å². The first-order valence-electron chi connectivity index (χ1n) is 11.0. The van der Waals surface area contributed by atoms with Crippen molar-refractivity contribution in [2.75, 3.05) is 23.9 Å². The van der Waals surface area contributed by atoms with Crippen molar-refractivity contribution in [1.29, 1.82) is 0 Å². The largest absolute Gasteiger partial charge is 0.497 e.